The van der Waals surface area contributed by atoms with Crippen LogP contribution >= 0.6 is 0 Å². The predicted molar refractivity (Wildman–Crippen MR) is 83.9 cm³/mol. The van der Waals surface area contributed by atoms with E-state index in [1.807, 2.05) is 6.92 Å². The smallest absolute Gasteiger partial charge is 0.336 e. The fourth-order valence-corrected chi connectivity index (χ4v) is 2.45. The fraction of sp³-hybridized carbons (Fsp3) is 0.529. The summed E-state index contributed by atoms with van der Waals surface area (Å²) in [4.78, 5) is 23.8. The van der Waals surface area contributed by atoms with E-state index < -0.39 is 5.97 Å². The van der Waals surface area contributed by atoms with E-state index in [9.17, 15) is 14.7 Å². The molecule has 0 fully saturated rings. The summed E-state index contributed by atoms with van der Waals surface area (Å²) in [6.45, 7) is 7.57. The zero-order valence-electron chi connectivity index (χ0n) is 13.3. The number of nitrogens with one attached hydrogen (secondary N) is 1. The number of aromatic carboxylic acids is 1. The van der Waals surface area contributed by atoms with E-state index in [0.717, 1.165) is 25.7 Å². The molecule has 0 aromatic heterocycles. The van der Waals surface area contributed by atoms with Crippen LogP contribution in [0.2, 0.25) is 0 Å². The van der Waals surface area contributed by atoms with Gasteiger partial charge in [-0.25, -0.2) is 4.79 Å². The molecule has 21 heavy (non-hydrogen) atoms. The Kier molecular flexibility index (Phi) is 6.40. The Hall–Kier alpha value is -1.84. The summed E-state index contributed by atoms with van der Waals surface area (Å²) < 4.78 is 0. The Morgan fingerprint density at radius 3 is 2.24 bits per heavy atom. The van der Waals surface area contributed by atoms with Crippen LogP contribution in [0.25, 0.3) is 0 Å². The third kappa shape index (κ3) is 4.59. The number of carbonyl (C=O) groups excluding carboxylic acids is 1. The first-order valence-electron chi connectivity index (χ1n) is 7.52. The number of carboxylic acid groups (broad SMARTS) is 1. The maximum atomic E-state index is 12.4. The van der Waals surface area contributed by atoms with Crippen LogP contribution in [-0.2, 0) is 0 Å². The van der Waals surface area contributed by atoms with Gasteiger partial charge in [0, 0.05) is 6.04 Å². The Balaban J connectivity index is 2.92. The molecule has 1 aromatic rings. The lowest BCUT2D eigenvalue weighted by Crippen LogP contribution is -2.34. The van der Waals surface area contributed by atoms with Crippen molar-refractivity contribution in [1.29, 1.82) is 0 Å². The number of aryl methyl sites for hydroxylation is 2. The molecule has 4 nitrogen and oxygen atoms in total. The molecular weight excluding hydrogens is 266 g/mol. The average Bonchev–Trinajstić information content (AvgIpc) is 2.40. The van der Waals surface area contributed by atoms with Crippen molar-refractivity contribution >= 4 is 11.9 Å². The molecular formula is C17H25NO3. The maximum absolute atomic E-state index is 12.4. The summed E-state index contributed by atoms with van der Waals surface area (Å²) >= 11 is 0. The molecule has 2 N–H and O–H groups in total. The quantitative estimate of drug-likeness (QED) is 0.753. The molecule has 116 valence electrons. The Morgan fingerprint density at radius 1 is 1.14 bits per heavy atom. The van der Waals surface area contributed by atoms with Crippen molar-refractivity contribution in [2.24, 2.45) is 0 Å². The van der Waals surface area contributed by atoms with E-state index >= 15 is 0 Å². The van der Waals surface area contributed by atoms with Gasteiger partial charge >= 0.3 is 5.97 Å². The minimum absolute atomic E-state index is 0.0469. The number of carboxylic acids is 1. The minimum atomic E-state index is -1.06. The second-order valence-corrected chi connectivity index (χ2v) is 5.62. The van der Waals surface area contributed by atoms with Crippen molar-refractivity contribution in [2.45, 2.75) is 59.4 Å². The van der Waals surface area contributed by atoms with Crippen molar-refractivity contribution in [1.82, 2.24) is 5.32 Å². The number of amides is 1. The van der Waals surface area contributed by atoms with Gasteiger partial charge in [0.15, 0.2) is 0 Å². The van der Waals surface area contributed by atoms with Crippen LogP contribution in [0.3, 0.4) is 0 Å². The van der Waals surface area contributed by atoms with E-state index in [1.165, 1.54) is 0 Å². The number of benzene rings is 1. The SMILES string of the molecule is CCCCCC(C)NC(=O)c1c(C)ccc(C)c1C(=O)O. The second kappa shape index (κ2) is 7.81. The molecule has 0 heterocycles. The van der Waals surface area contributed by atoms with Crippen LogP contribution in [0.1, 0.15) is 71.4 Å². The van der Waals surface area contributed by atoms with Crippen molar-refractivity contribution in [3.63, 3.8) is 0 Å². The summed E-state index contributed by atoms with van der Waals surface area (Å²) in [6, 6.07) is 3.57. The standard InChI is InChI=1S/C17H25NO3/c1-5-6-7-8-13(4)18-16(19)14-11(2)9-10-12(3)15(14)17(20)21/h9-10,13H,5-8H2,1-4H3,(H,18,19)(H,20,21). The highest BCUT2D eigenvalue weighted by atomic mass is 16.4. The first-order chi connectivity index (χ1) is 9.88. The third-order valence-electron chi connectivity index (χ3n) is 3.68. The van der Waals surface area contributed by atoms with Crippen molar-refractivity contribution in [3.05, 3.63) is 34.4 Å². The van der Waals surface area contributed by atoms with Crippen molar-refractivity contribution in [2.75, 3.05) is 0 Å². The van der Waals surface area contributed by atoms with Crippen molar-refractivity contribution < 1.29 is 14.7 Å². The first-order valence-corrected chi connectivity index (χ1v) is 7.52. The Labute approximate surface area is 126 Å². The molecule has 0 aliphatic rings. The van der Waals surface area contributed by atoms with Gasteiger partial charge in [-0.15, -0.1) is 0 Å². The maximum Gasteiger partial charge on any atom is 0.336 e. The molecule has 0 saturated carbocycles. The van der Waals surface area contributed by atoms with Gasteiger partial charge in [-0.1, -0.05) is 38.3 Å². The zero-order valence-corrected chi connectivity index (χ0v) is 13.3. The topological polar surface area (TPSA) is 66.4 Å². The number of rotatable bonds is 7. The van der Waals surface area contributed by atoms with Gasteiger partial charge in [0.25, 0.3) is 5.91 Å². The molecule has 0 saturated heterocycles. The molecule has 0 radical (unpaired) electrons. The van der Waals surface area contributed by atoms with Crippen LogP contribution in [0.15, 0.2) is 12.1 Å². The van der Waals surface area contributed by atoms with Crippen LogP contribution < -0.4 is 5.32 Å². The molecule has 0 bridgehead atoms. The summed E-state index contributed by atoms with van der Waals surface area (Å²) in [5, 5.41) is 12.3. The monoisotopic (exact) mass is 291 g/mol. The number of hydrogen-bond acceptors (Lipinski definition) is 2. The number of hydrogen-bond donors (Lipinski definition) is 2. The van der Waals surface area contributed by atoms with Gasteiger partial charge < -0.3 is 10.4 Å². The zero-order chi connectivity index (χ0) is 16.0. The third-order valence-corrected chi connectivity index (χ3v) is 3.68. The van der Waals surface area contributed by atoms with Crippen LogP contribution in [-0.4, -0.2) is 23.0 Å². The first kappa shape index (κ1) is 17.2. The highest BCUT2D eigenvalue weighted by molar-refractivity contribution is 6.06. The van der Waals surface area contributed by atoms with Gasteiger partial charge in [-0.2, -0.15) is 0 Å². The van der Waals surface area contributed by atoms with Gasteiger partial charge in [-0.3, -0.25) is 4.79 Å². The number of unbranched alkanes of at least 4 members (excludes halogenated alkanes) is 2. The Morgan fingerprint density at radius 2 is 1.71 bits per heavy atom. The molecule has 1 rings (SSSR count). The Bertz CT molecular complexity index is 523. The van der Waals surface area contributed by atoms with Crippen LogP contribution in [0.5, 0.6) is 0 Å². The summed E-state index contributed by atoms with van der Waals surface area (Å²) in [7, 11) is 0. The van der Waals surface area contributed by atoms with Gasteiger partial charge in [-0.05, 0) is 38.3 Å². The number of carbonyl (C=O) groups is 2. The van der Waals surface area contributed by atoms with E-state index in [4.69, 9.17) is 0 Å². The predicted octanol–water partition coefficient (Wildman–Crippen LogP) is 3.70. The highest BCUT2D eigenvalue weighted by Gasteiger charge is 2.22. The van der Waals surface area contributed by atoms with E-state index in [-0.39, 0.29) is 23.1 Å². The fourth-order valence-electron chi connectivity index (χ4n) is 2.45. The van der Waals surface area contributed by atoms with Crippen LogP contribution in [0.4, 0.5) is 0 Å². The second-order valence-electron chi connectivity index (χ2n) is 5.62. The summed E-state index contributed by atoms with van der Waals surface area (Å²) in [5.41, 5.74) is 1.69. The van der Waals surface area contributed by atoms with E-state index in [0.29, 0.717) is 11.1 Å². The van der Waals surface area contributed by atoms with E-state index in [2.05, 4.69) is 12.2 Å². The summed E-state index contributed by atoms with van der Waals surface area (Å²) in [5.74, 6) is -1.35. The largest absolute Gasteiger partial charge is 0.478 e. The molecule has 4 heteroatoms. The lowest BCUT2D eigenvalue weighted by atomic mass is 9.96. The van der Waals surface area contributed by atoms with Crippen molar-refractivity contribution in [3.8, 4) is 0 Å². The van der Waals surface area contributed by atoms with Gasteiger partial charge in [0.2, 0.25) is 0 Å². The average molecular weight is 291 g/mol. The minimum Gasteiger partial charge on any atom is -0.478 e. The molecule has 0 aliphatic heterocycles. The lowest BCUT2D eigenvalue weighted by molar-refractivity contribution is 0.0689. The molecule has 0 spiro atoms. The lowest BCUT2D eigenvalue weighted by Gasteiger charge is -2.17. The molecule has 1 amide bonds. The normalized spacial score (nSPS) is 12.0. The van der Waals surface area contributed by atoms with Crippen LogP contribution in [0, 0.1) is 13.8 Å². The summed E-state index contributed by atoms with van der Waals surface area (Å²) in [6.07, 6.45) is 4.26. The molecule has 1 aromatic carbocycles. The van der Waals surface area contributed by atoms with E-state index in [1.54, 1.807) is 26.0 Å². The molecule has 1 atom stereocenters. The molecule has 0 aliphatic carbocycles. The van der Waals surface area contributed by atoms with Gasteiger partial charge in [0.1, 0.15) is 0 Å². The molecule has 1 unspecified atom stereocenters. The highest BCUT2D eigenvalue weighted by Crippen LogP contribution is 2.19. The van der Waals surface area contributed by atoms with Gasteiger partial charge in [0.05, 0.1) is 11.1 Å².